The Balaban J connectivity index is 1.83. The van der Waals surface area contributed by atoms with Crippen LogP contribution in [0.1, 0.15) is 17.2 Å². The molecule has 6 heteroatoms. The Kier molecular flexibility index (Phi) is 6.32. The smallest absolute Gasteiger partial charge is 0.227 e. The molecule has 1 saturated heterocycles. The van der Waals surface area contributed by atoms with Crippen molar-refractivity contribution in [3.8, 4) is 11.5 Å². The maximum absolute atomic E-state index is 13.1. The lowest BCUT2D eigenvalue weighted by molar-refractivity contribution is -0.149. The number of nitrogens with zero attached hydrogens (tertiary/aromatic N) is 1. The average Bonchev–Trinajstić information content (AvgIpc) is 2.73. The van der Waals surface area contributed by atoms with Crippen molar-refractivity contribution < 1.29 is 24.1 Å². The highest BCUT2D eigenvalue weighted by atomic mass is 16.5. The van der Waals surface area contributed by atoms with Gasteiger partial charge in [0.15, 0.2) is 11.5 Å². The molecule has 1 aliphatic heterocycles. The molecule has 1 aliphatic rings. The van der Waals surface area contributed by atoms with E-state index in [1.807, 2.05) is 42.5 Å². The molecule has 1 N–H and O–H groups in total. The molecule has 0 radical (unpaired) electrons. The molecule has 1 amide bonds. The van der Waals surface area contributed by atoms with Crippen molar-refractivity contribution in [3.05, 3.63) is 59.7 Å². The first-order valence-electron chi connectivity index (χ1n) is 8.95. The van der Waals surface area contributed by atoms with Gasteiger partial charge in [-0.15, -0.1) is 0 Å². The first-order chi connectivity index (χ1) is 13.2. The number of benzene rings is 2. The van der Waals surface area contributed by atoms with Gasteiger partial charge in [-0.1, -0.05) is 36.4 Å². The molecular weight excluding hydrogens is 346 g/mol. The van der Waals surface area contributed by atoms with E-state index in [0.29, 0.717) is 24.7 Å². The van der Waals surface area contributed by atoms with E-state index < -0.39 is 6.10 Å². The highest BCUT2D eigenvalue weighted by Gasteiger charge is 2.35. The molecule has 0 bridgehead atoms. The zero-order chi connectivity index (χ0) is 19.2. The number of hydrogen-bond donors (Lipinski definition) is 1. The highest BCUT2D eigenvalue weighted by Crippen LogP contribution is 2.31. The number of rotatable bonds is 6. The SMILES string of the molecule is COc1ccc(CC(=O)N2CCO[C@H](CO)[C@H]2c2ccccc2)cc1OC. The number of carbonyl (C=O) groups is 1. The topological polar surface area (TPSA) is 68.2 Å². The van der Waals surface area contributed by atoms with Gasteiger partial charge in [0, 0.05) is 6.54 Å². The minimum absolute atomic E-state index is 0.0159. The molecule has 1 heterocycles. The van der Waals surface area contributed by atoms with E-state index >= 15 is 0 Å². The third kappa shape index (κ3) is 4.23. The summed E-state index contributed by atoms with van der Waals surface area (Å²) in [6.45, 7) is 0.758. The first kappa shape index (κ1) is 19.2. The van der Waals surface area contributed by atoms with Gasteiger partial charge in [-0.25, -0.2) is 0 Å². The van der Waals surface area contributed by atoms with Crippen LogP contribution < -0.4 is 9.47 Å². The third-order valence-electron chi connectivity index (χ3n) is 4.80. The predicted molar refractivity (Wildman–Crippen MR) is 101 cm³/mol. The molecule has 1 fully saturated rings. The Hall–Kier alpha value is -2.57. The lowest BCUT2D eigenvalue weighted by atomic mass is 9.97. The summed E-state index contributed by atoms with van der Waals surface area (Å²) in [4.78, 5) is 14.9. The Morgan fingerprint density at radius 2 is 1.89 bits per heavy atom. The first-order valence-corrected chi connectivity index (χ1v) is 8.95. The second-order valence-electron chi connectivity index (χ2n) is 6.40. The second-order valence-corrected chi connectivity index (χ2v) is 6.40. The van der Waals surface area contributed by atoms with Crippen molar-refractivity contribution >= 4 is 5.91 Å². The summed E-state index contributed by atoms with van der Waals surface area (Å²) >= 11 is 0. The van der Waals surface area contributed by atoms with E-state index in [2.05, 4.69) is 0 Å². The number of morpholine rings is 1. The predicted octanol–water partition coefficient (Wildman–Crippen LogP) is 2.21. The number of methoxy groups -OCH3 is 2. The number of aliphatic hydroxyl groups is 1. The normalized spacial score (nSPS) is 19.6. The molecule has 2 aromatic rings. The number of aliphatic hydroxyl groups excluding tert-OH is 1. The molecule has 2 aromatic carbocycles. The van der Waals surface area contributed by atoms with Crippen LogP contribution in [0.2, 0.25) is 0 Å². The van der Waals surface area contributed by atoms with Crippen molar-refractivity contribution in [3.63, 3.8) is 0 Å². The van der Waals surface area contributed by atoms with Crippen molar-refractivity contribution in [1.82, 2.24) is 4.90 Å². The van der Waals surface area contributed by atoms with Gasteiger partial charge in [0.2, 0.25) is 5.91 Å². The molecule has 0 aliphatic carbocycles. The van der Waals surface area contributed by atoms with Gasteiger partial charge in [-0.05, 0) is 23.3 Å². The Morgan fingerprint density at radius 1 is 1.15 bits per heavy atom. The van der Waals surface area contributed by atoms with E-state index in [4.69, 9.17) is 14.2 Å². The van der Waals surface area contributed by atoms with E-state index in [1.54, 1.807) is 25.2 Å². The summed E-state index contributed by atoms with van der Waals surface area (Å²) in [5.41, 5.74) is 1.80. The van der Waals surface area contributed by atoms with Crippen LogP contribution in [0, 0.1) is 0 Å². The molecule has 6 nitrogen and oxygen atoms in total. The van der Waals surface area contributed by atoms with E-state index in [-0.39, 0.29) is 25.0 Å². The van der Waals surface area contributed by atoms with Gasteiger partial charge in [-0.2, -0.15) is 0 Å². The van der Waals surface area contributed by atoms with Gasteiger partial charge in [0.05, 0.1) is 39.9 Å². The summed E-state index contributed by atoms with van der Waals surface area (Å²) in [6.07, 6.45) is -0.197. The Labute approximate surface area is 159 Å². The van der Waals surface area contributed by atoms with Crippen molar-refractivity contribution in [1.29, 1.82) is 0 Å². The number of amides is 1. The molecule has 0 aromatic heterocycles. The second kappa shape index (κ2) is 8.88. The maximum Gasteiger partial charge on any atom is 0.227 e. The Morgan fingerprint density at radius 3 is 2.56 bits per heavy atom. The molecular formula is C21H25NO5. The van der Waals surface area contributed by atoms with E-state index in [0.717, 1.165) is 11.1 Å². The van der Waals surface area contributed by atoms with Crippen LogP contribution in [-0.2, 0) is 16.0 Å². The zero-order valence-electron chi connectivity index (χ0n) is 15.6. The monoisotopic (exact) mass is 371 g/mol. The quantitative estimate of drug-likeness (QED) is 0.843. The highest BCUT2D eigenvalue weighted by molar-refractivity contribution is 5.79. The van der Waals surface area contributed by atoms with Crippen LogP contribution in [0.3, 0.4) is 0 Å². The Bertz CT molecular complexity index is 764. The maximum atomic E-state index is 13.1. The van der Waals surface area contributed by atoms with Crippen LogP contribution in [0.4, 0.5) is 0 Å². The van der Waals surface area contributed by atoms with E-state index in [9.17, 15) is 9.90 Å². The van der Waals surface area contributed by atoms with Crippen LogP contribution in [-0.4, -0.2) is 56.0 Å². The molecule has 144 valence electrons. The van der Waals surface area contributed by atoms with Crippen molar-refractivity contribution in [2.24, 2.45) is 0 Å². The summed E-state index contributed by atoms with van der Waals surface area (Å²) in [6, 6.07) is 14.9. The van der Waals surface area contributed by atoms with Crippen LogP contribution in [0.15, 0.2) is 48.5 Å². The number of hydrogen-bond acceptors (Lipinski definition) is 5. The minimum Gasteiger partial charge on any atom is -0.493 e. The van der Waals surface area contributed by atoms with Crippen LogP contribution >= 0.6 is 0 Å². The summed E-state index contributed by atoms with van der Waals surface area (Å²) < 4.78 is 16.3. The summed E-state index contributed by atoms with van der Waals surface area (Å²) in [5.74, 6) is 1.21. The molecule has 0 spiro atoms. The molecule has 0 saturated carbocycles. The standard InChI is InChI=1S/C21H25NO5/c1-25-17-9-8-15(12-18(17)26-2)13-20(24)22-10-11-27-19(14-23)21(22)16-6-4-3-5-7-16/h3-9,12,19,21,23H,10-11,13-14H2,1-2H3/t19-,21-/m1/s1. The van der Waals surface area contributed by atoms with Gasteiger partial charge in [0.25, 0.3) is 0 Å². The molecule has 2 atom stereocenters. The number of ether oxygens (including phenoxy) is 3. The van der Waals surface area contributed by atoms with Gasteiger partial charge >= 0.3 is 0 Å². The average molecular weight is 371 g/mol. The van der Waals surface area contributed by atoms with Gasteiger partial charge in [0.1, 0.15) is 6.10 Å². The minimum atomic E-state index is -0.435. The van der Waals surface area contributed by atoms with Gasteiger partial charge in [-0.3, -0.25) is 4.79 Å². The fraction of sp³-hybridized carbons (Fsp3) is 0.381. The summed E-state index contributed by atoms with van der Waals surface area (Å²) in [7, 11) is 3.15. The lowest BCUT2D eigenvalue weighted by Crippen LogP contribution is -2.49. The van der Waals surface area contributed by atoms with Crippen LogP contribution in [0.5, 0.6) is 11.5 Å². The van der Waals surface area contributed by atoms with Crippen molar-refractivity contribution in [2.45, 2.75) is 18.6 Å². The lowest BCUT2D eigenvalue weighted by Gasteiger charge is -2.41. The summed E-state index contributed by atoms with van der Waals surface area (Å²) in [5, 5.41) is 9.74. The fourth-order valence-corrected chi connectivity index (χ4v) is 3.48. The largest absolute Gasteiger partial charge is 0.493 e. The van der Waals surface area contributed by atoms with Gasteiger partial charge < -0.3 is 24.2 Å². The third-order valence-corrected chi connectivity index (χ3v) is 4.80. The molecule has 27 heavy (non-hydrogen) atoms. The molecule has 0 unspecified atom stereocenters. The molecule has 3 rings (SSSR count). The fourth-order valence-electron chi connectivity index (χ4n) is 3.48. The zero-order valence-corrected chi connectivity index (χ0v) is 15.6. The van der Waals surface area contributed by atoms with E-state index in [1.165, 1.54) is 0 Å². The number of carbonyl (C=O) groups excluding carboxylic acids is 1. The van der Waals surface area contributed by atoms with Crippen LogP contribution in [0.25, 0.3) is 0 Å². The van der Waals surface area contributed by atoms with Crippen molar-refractivity contribution in [2.75, 3.05) is 34.0 Å².